The van der Waals surface area contributed by atoms with E-state index in [1.807, 2.05) is 19.1 Å². The van der Waals surface area contributed by atoms with Gasteiger partial charge in [0.1, 0.15) is 0 Å². The fourth-order valence-corrected chi connectivity index (χ4v) is 4.42. The highest BCUT2D eigenvalue weighted by atomic mass is 35.5. The van der Waals surface area contributed by atoms with Gasteiger partial charge in [-0.25, -0.2) is 4.98 Å². The summed E-state index contributed by atoms with van der Waals surface area (Å²) in [6, 6.07) is 3.68. The first-order valence-electron chi connectivity index (χ1n) is 8.58. The van der Waals surface area contributed by atoms with Crippen LogP contribution in [0.2, 0.25) is 5.02 Å². The number of thiazole rings is 1. The second-order valence-electron chi connectivity index (χ2n) is 7.39. The fourth-order valence-electron chi connectivity index (χ4n) is 3.34. The zero-order valence-electron chi connectivity index (χ0n) is 14.7. The van der Waals surface area contributed by atoms with E-state index in [-0.39, 0.29) is 18.0 Å². The number of piperidine rings is 1. The van der Waals surface area contributed by atoms with Crippen molar-refractivity contribution < 1.29 is 9.90 Å². The van der Waals surface area contributed by atoms with Gasteiger partial charge in [-0.2, -0.15) is 0 Å². The lowest BCUT2D eigenvalue weighted by molar-refractivity contribution is -0.119. The Morgan fingerprint density at radius 3 is 2.96 bits per heavy atom. The highest BCUT2D eigenvalue weighted by Gasteiger charge is 2.30. The molecule has 0 aliphatic carbocycles. The van der Waals surface area contributed by atoms with Crippen molar-refractivity contribution in [3.05, 3.63) is 22.7 Å². The Morgan fingerprint density at radius 2 is 2.24 bits per heavy atom. The largest absolute Gasteiger partial charge is 0.390 e. The molecule has 25 heavy (non-hydrogen) atoms. The van der Waals surface area contributed by atoms with Crippen molar-refractivity contribution in [1.29, 1.82) is 0 Å². The Kier molecular flexibility index (Phi) is 5.34. The molecule has 3 rings (SSSR count). The predicted octanol–water partition coefficient (Wildman–Crippen LogP) is 3.87. The second kappa shape index (κ2) is 7.19. The van der Waals surface area contributed by atoms with Crippen LogP contribution >= 0.6 is 22.9 Å². The Balaban J connectivity index is 1.68. The van der Waals surface area contributed by atoms with Crippen LogP contribution in [0.3, 0.4) is 0 Å². The van der Waals surface area contributed by atoms with Crippen LogP contribution in [0.15, 0.2) is 12.1 Å². The monoisotopic (exact) mass is 381 g/mol. The van der Waals surface area contributed by atoms with E-state index in [9.17, 15) is 9.90 Å². The van der Waals surface area contributed by atoms with Crippen molar-refractivity contribution in [2.45, 2.75) is 64.1 Å². The summed E-state index contributed by atoms with van der Waals surface area (Å²) in [5.41, 5.74) is 1.03. The Hall–Kier alpha value is -1.21. The van der Waals surface area contributed by atoms with Crippen LogP contribution in [0.4, 0.5) is 5.13 Å². The van der Waals surface area contributed by atoms with Gasteiger partial charge in [-0.3, -0.25) is 4.79 Å². The highest BCUT2D eigenvalue weighted by molar-refractivity contribution is 7.22. The van der Waals surface area contributed by atoms with Gasteiger partial charge in [-0.1, -0.05) is 22.9 Å². The van der Waals surface area contributed by atoms with Crippen LogP contribution in [0.5, 0.6) is 0 Å². The lowest BCUT2D eigenvalue weighted by atomic mass is 9.90. The number of nitrogens with one attached hydrogen (secondary N) is 2. The molecule has 1 aromatic heterocycles. The number of hydrogen-bond acceptors (Lipinski definition) is 5. The maximum absolute atomic E-state index is 12.6. The molecule has 0 bridgehead atoms. The number of anilines is 1. The van der Waals surface area contributed by atoms with Gasteiger partial charge in [-0.15, -0.1) is 0 Å². The number of hydrogen-bond donors (Lipinski definition) is 3. The molecule has 0 saturated carbocycles. The maximum Gasteiger partial charge on any atom is 0.243 e. The van der Waals surface area contributed by atoms with E-state index in [0.717, 1.165) is 35.0 Å². The molecule has 5 nitrogen and oxygen atoms in total. The second-order valence-corrected chi connectivity index (χ2v) is 8.83. The summed E-state index contributed by atoms with van der Waals surface area (Å²) in [4.78, 5) is 17.1. The predicted molar refractivity (Wildman–Crippen MR) is 103 cm³/mol. The molecule has 0 radical (unpaired) electrons. The number of benzene rings is 1. The van der Waals surface area contributed by atoms with Gasteiger partial charge in [0.05, 0.1) is 21.9 Å². The molecule has 2 atom stereocenters. The number of aromatic nitrogens is 1. The lowest BCUT2D eigenvalue weighted by Crippen LogP contribution is -2.50. The average Bonchev–Trinajstić information content (AvgIpc) is 2.93. The Labute approximate surface area is 156 Å². The summed E-state index contributed by atoms with van der Waals surface area (Å²) in [5, 5.41) is 17.6. The number of rotatable bonds is 4. The van der Waals surface area contributed by atoms with Gasteiger partial charge >= 0.3 is 0 Å². The van der Waals surface area contributed by atoms with Crippen molar-refractivity contribution >= 4 is 44.2 Å². The normalized spacial score (nSPS) is 21.5. The minimum absolute atomic E-state index is 0.0664. The van der Waals surface area contributed by atoms with E-state index in [2.05, 4.69) is 15.6 Å². The first kappa shape index (κ1) is 18.6. The van der Waals surface area contributed by atoms with Gasteiger partial charge < -0.3 is 15.7 Å². The van der Waals surface area contributed by atoms with Crippen molar-refractivity contribution in [3.8, 4) is 0 Å². The highest BCUT2D eigenvalue weighted by Crippen LogP contribution is 2.32. The van der Waals surface area contributed by atoms with E-state index in [0.29, 0.717) is 16.6 Å². The third kappa shape index (κ3) is 4.50. The molecule has 1 aromatic carbocycles. The van der Waals surface area contributed by atoms with E-state index >= 15 is 0 Å². The number of halogens is 1. The number of aliphatic hydroxyl groups is 1. The molecule has 136 valence electrons. The number of fused-ring (bicyclic) bond motifs is 1. The summed E-state index contributed by atoms with van der Waals surface area (Å²) in [6.07, 6.45) is 3.38. The third-order valence-corrected chi connectivity index (χ3v) is 5.87. The van der Waals surface area contributed by atoms with Gasteiger partial charge in [0, 0.05) is 11.1 Å². The van der Waals surface area contributed by atoms with Crippen molar-refractivity contribution in [1.82, 2.24) is 10.3 Å². The summed E-state index contributed by atoms with van der Waals surface area (Å²) in [7, 11) is 0. The van der Waals surface area contributed by atoms with Crippen molar-refractivity contribution in [2.24, 2.45) is 0 Å². The average molecular weight is 382 g/mol. The molecular formula is C18H24ClN3O2S. The minimum atomic E-state index is -0.736. The molecule has 1 saturated heterocycles. The van der Waals surface area contributed by atoms with E-state index in [4.69, 9.17) is 11.6 Å². The van der Waals surface area contributed by atoms with E-state index in [1.165, 1.54) is 11.3 Å². The quantitative estimate of drug-likeness (QED) is 0.751. The molecule has 1 aliphatic rings. The lowest BCUT2D eigenvalue weighted by Gasteiger charge is -2.33. The molecule has 1 fully saturated rings. The summed E-state index contributed by atoms with van der Waals surface area (Å²) >= 11 is 7.59. The van der Waals surface area contributed by atoms with Crippen molar-refractivity contribution in [2.75, 3.05) is 5.32 Å². The third-order valence-electron chi connectivity index (χ3n) is 4.52. The van der Waals surface area contributed by atoms with Gasteiger partial charge in [-0.05, 0) is 64.2 Å². The van der Waals surface area contributed by atoms with E-state index in [1.54, 1.807) is 13.8 Å². The number of aryl methyl sites for hydroxylation is 1. The SMILES string of the molecule is Cc1c(Cl)ccc2sc(NC(=O)[C@@H]3CCCC(CC(C)(C)O)N3)nc12. The molecule has 0 spiro atoms. The van der Waals surface area contributed by atoms with Crippen molar-refractivity contribution in [3.63, 3.8) is 0 Å². The van der Waals surface area contributed by atoms with Crippen LogP contribution < -0.4 is 10.6 Å². The van der Waals surface area contributed by atoms with Crippen LogP contribution in [0.25, 0.3) is 10.2 Å². The van der Waals surface area contributed by atoms with E-state index < -0.39 is 5.60 Å². The fraction of sp³-hybridized carbons (Fsp3) is 0.556. The molecule has 1 aliphatic heterocycles. The van der Waals surface area contributed by atoms with Crippen LogP contribution in [0.1, 0.15) is 45.1 Å². The summed E-state index contributed by atoms with van der Waals surface area (Å²) in [5.74, 6) is -0.0664. The standard InChI is InChI=1S/C18H24ClN3O2S/c1-10-12(19)7-8-14-15(10)21-17(25-14)22-16(23)13-6-4-5-11(20-13)9-18(2,3)24/h7-8,11,13,20,24H,4-6,9H2,1-3H3,(H,21,22,23)/t11?,13-/m0/s1. The summed E-state index contributed by atoms with van der Waals surface area (Å²) < 4.78 is 1.01. The molecular weight excluding hydrogens is 358 g/mol. The van der Waals surface area contributed by atoms with Crippen LogP contribution in [-0.2, 0) is 4.79 Å². The van der Waals surface area contributed by atoms with Gasteiger partial charge in [0.15, 0.2) is 5.13 Å². The first-order chi connectivity index (χ1) is 11.7. The Morgan fingerprint density at radius 1 is 1.48 bits per heavy atom. The molecule has 1 amide bonds. The minimum Gasteiger partial charge on any atom is -0.390 e. The smallest absolute Gasteiger partial charge is 0.243 e. The number of carbonyl (C=O) groups is 1. The van der Waals surface area contributed by atoms with Gasteiger partial charge in [0.25, 0.3) is 0 Å². The maximum atomic E-state index is 12.6. The molecule has 7 heteroatoms. The zero-order chi connectivity index (χ0) is 18.2. The molecule has 3 N–H and O–H groups in total. The molecule has 2 heterocycles. The van der Waals surface area contributed by atoms with Crippen LogP contribution in [0, 0.1) is 6.92 Å². The first-order valence-corrected chi connectivity index (χ1v) is 9.77. The molecule has 2 aromatic rings. The topological polar surface area (TPSA) is 74.2 Å². The number of carbonyl (C=O) groups excluding carboxylic acids is 1. The number of amides is 1. The number of nitrogens with zero attached hydrogens (tertiary/aromatic N) is 1. The van der Waals surface area contributed by atoms with Gasteiger partial charge in [0.2, 0.25) is 5.91 Å². The summed E-state index contributed by atoms with van der Waals surface area (Å²) in [6.45, 7) is 5.53. The Bertz CT molecular complexity index is 784. The zero-order valence-corrected chi connectivity index (χ0v) is 16.3. The van der Waals surface area contributed by atoms with Crippen LogP contribution in [-0.4, -0.2) is 33.7 Å². The molecule has 1 unspecified atom stereocenters.